The molecule has 0 spiro atoms. The second-order valence-electron chi connectivity index (χ2n) is 6.41. The molecule has 1 amide bonds. The molecule has 4 rings (SSSR count). The Kier molecular flexibility index (Phi) is 5.11. The summed E-state index contributed by atoms with van der Waals surface area (Å²) >= 11 is 5.95. The predicted octanol–water partition coefficient (Wildman–Crippen LogP) is 3.90. The highest BCUT2D eigenvalue weighted by Gasteiger charge is 2.38. The number of carbonyl (C=O) groups excluding carboxylic acids is 1. The maximum absolute atomic E-state index is 13.0. The van der Waals surface area contributed by atoms with Gasteiger partial charge in [-0.15, -0.1) is 12.4 Å². The molecule has 1 unspecified atom stereocenters. The van der Waals surface area contributed by atoms with E-state index in [0.29, 0.717) is 5.02 Å². The quantitative estimate of drug-likeness (QED) is 0.807. The summed E-state index contributed by atoms with van der Waals surface area (Å²) in [6.07, 6.45) is 2.85. The first-order valence-corrected chi connectivity index (χ1v) is 8.74. The van der Waals surface area contributed by atoms with E-state index in [0.717, 1.165) is 49.4 Å². The van der Waals surface area contributed by atoms with Gasteiger partial charge in [0.2, 0.25) is 5.91 Å². The SMILES string of the molecule is Cl.Nc1cccc2c1CCCN2C1CCN(c2ccc(Cl)cc2)C1=O. The molecular weight excluding hydrogens is 357 g/mol. The van der Waals surface area contributed by atoms with Crippen molar-refractivity contribution in [3.63, 3.8) is 0 Å². The summed E-state index contributed by atoms with van der Waals surface area (Å²) in [5, 5.41) is 0.683. The van der Waals surface area contributed by atoms with Gasteiger partial charge in [0.05, 0.1) is 0 Å². The molecule has 2 heterocycles. The Morgan fingerprint density at radius 1 is 1.08 bits per heavy atom. The van der Waals surface area contributed by atoms with Crippen LogP contribution >= 0.6 is 24.0 Å². The van der Waals surface area contributed by atoms with Crippen LogP contribution in [0.1, 0.15) is 18.4 Å². The van der Waals surface area contributed by atoms with Gasteiger partial charge in [0.25, 0.3) is 0 Å². The summed E-state index contributed by atoms with van der Waals surface area (Å²) in [4.78, 5) is 17.1. The topological polar surface area (TPSA) is 49.6 Å². The Balaban J connectivity index is 0.00000182. The third-order valence-electron chi connectivity index (χ3n) is 5.01. The van der Waals surface area contributed by atoms with E-state index in [9.17, 15) is 4.79 Å². The summed E-state index contributed by atoms with van der Waals surface area (Å²) in [5.41, 5.74) is 10.2. The van der Waals surface area contributed by atoms with Gasteiger partial charge in [0, 0.05) is 35.2 Å². The van der Waals surface area contributed by atoms with E-state index in [1.54, 1.807) is 0 Å². The Morgan fingerprint density at radius 2 is 1.84 bits per heavy atom. The summed E-state index contributed by atoms with van der Waals surface area (Å²) in [6, 6.07) is 13.4. The number of benzene rings is 2. The number of amides is 1. The summed E-state index contributed by atoms with van der Waals surface area (Å²) in [5.74, 6) is 0.160. The number of hydrogen-bond donors (Lipinski definition) is 1. The van der Waals surface area contributed by atoms with Crippen LogP contribution in [-0.2, 0) is 11.2 Å². The molecule has 0 saturated carbocycles. The van der Waals surface area contributed by atoms with Crippen LogP contribution in [0.2, 0.25) is 5.02 Å². The smallest absolute Gasteiger partial charge is 0.249 e. The van der Waals surface area contributed by atoms with Gasteiger partial charge >= 0.3 is 0 Å². The van der Waals surface area contributed by atoms with Crippen LogP contribution in [-0.4, -0.2) is 25.0 Å². The van der Waals surface area contributed by atoms with Crippen molar-refractivity contribution in [2.75, 3.05) is 28.6 Å². The standard InChI is InChI=1S/C19H20ClN3O.ClH/c20-13-6-8-14(9-7-13)22-12-10-18(19(22)24)23-11-2-3-15-16(21)4-1-5-17(15)23;/h1,4-9,18H,2-3,10-12,21H2;1H. The lowest BCUT2D eigenvalue weighted by molar-refractivity contribution is -0.118. The minimum Gasteiger partial charge on any atom is -0.398 e. The number of rotatable bonds is 2. The first kappa shape index (κ1) is 17.9. The molecule has 0 aromatic heterocycles. The molecule has 2 aliphatic heterocycles. The minimum absolute atomic E-state index is 0. The molecule has 0 aliphatic carbocycles. The molecule has 2 aromatic carbocycles. The number of nitrogens with zero attached hydrogens (tertiary/aromatic N) is 2. The van der Waals surface area contributed by atoms with Crippen molar-refractivity contribution in [1.82, 2.24) is 0 Å². The molecule has 0 radical (unpaired) electrons. The van der Waals surface area contributed by atoms with E-state index < -0.39 is 0 Å². The molecule has 4 nitrogen and oxygen atoms in total. The van der Waals surface area contributed by atoms with Crippen molar-refractivity contribution in [2.45, 2.75) is 25.3 Å². The second-order valence-corrected chi connectivity index (χ2v) is 6.85. The number of carbonyl (C=O) groups is 1. The fourth-order valence-electron chi connectivity index (χ4n) is 3.84. The highest BCUT2D eigenvalue weighted by atomic mass is 35.5. The fourth-order valence-corrected chi connectivity index (χ4v) is 3.96. The molecule has 0 bridgehead atoms. The van der Waals surface area contributed by atoms with Gasteiger partial charge in [0.15, 0.2) is 0 Å². The van der Waals surface area contributed by atoms with Gasteiger partial charge in [-0.1, -0.05) is 17.7 Å². The third kappa shape index (κ3) is 3.16. The van der Waals surface area contributed by atoms with E-state index in [-0.39, 0.29) is 24.4 Å². The van der Waals surface area contributed by atoms with Crippen LogP contribution in [0.15, 0.2) is 42.5 Å². The van der Waals surface area contributed by atoms with Crippen LogP contribution in [0.4, 0.5) is 17.1 Å². The minimum atomic E-state index is -0.110. The normalized spacial score (nSPS) is 19.6. The molecule has 2 aromatic rings. The van der Waals surface area contributed by atoms with Crippen LogP contribution in [0, 0.1) is 0 Å². The van der Waals surface area contributed by atoms with Crippen LogP contribution in [0.5, 0.6) is 0 Å². The van der Waals surface area contributed by atoms with Crippen molar-refractivity contribution in [3.8, 4) is 0 Å². The fraction of sp³-hybridized carbons (Fsp3) is 0.316. The monoisotopic (exact) mass is 377 g/mol. The van der Waals surface area contributed by atoms with Gasteiger partial charge in [-0.2, -0.15) is 0 Å². The summed E-state index contributed by atoms with van der Waals surface area (Å²) in [6.45, 7) is 1.64. The predicted molar refractivity (Wildman–Crippen MR) is 106 cm³/mol. The average molecular weight is 378 g/mol. The van der Waals surface area contributed by atoms with Crippen molar-refractivity contribution in [2.24, 2.45) is 0 Å². The molecule has 1 fully saturated rings. The second kappa shape index (κ2) is 7.14. The lowest BCUT2D eigenvalue weighted by Gasteiger charge is -2.35. The average Bonchev–Trinajstić information content (AvgIpc) is 2.97. The van der Waals surface area contributed by atoms with Crippen LogP contribution in [0.25, 0.3) is 0 Å². The maximum Gasteiger partial charge on any atom is 0.249 e. The number of anilines is 3. The molecule has 25 heavy (non-hydrogen) atoms. The molecule has 1 atom stereocenters. The van der Waals surface area contributed by atoms with E-state index in [4.69, 9.17) is 17.3 Å². The zero-order valence-corrected chi connectivity index (χ0v) is 15.4. The number of nitrogen functional groups attached to an aromatic ring is 1. The first-order chi connectivity index (χ1) is 11.6. The van der Waals surface area contributed by atoms with Crippen LogP contribution < -0.4 is 15.5 Å². The third-order valence-corrected chi connectivity index (χ3v) is 5.27. The lowest BCUT2D eigenvalue weighted by Crippen LogP contribution is -2.44. The van der Waals surface area contributed by atoms with Crippen molar-refractivity contribution in [1.29, 1.82) is 0 Å². The van der Waals surface area contributed by atoms with Gasteiger partial charge in [-0.25, -0.2) is 0 Å². The largest absolute Gasteiger partial charge is 0.398 e. The Labute approximate surface area is 159 Å². The van der Waals surface area contributed by atoms with Crippen LogP contribution in [0.3, 0.4) is 0 Å². The van der Waals surface area contributed by atoms with Gasteiger partial charge in [0.1, 0.15) is 6.04 Å². The number of hydrogen-bond acceptors (Lipinski definition) is 3. The highest BCUT2D eigenvalue weighted by molar-refractivity contribution is 6.30. The number of halogens is 2. The Morgan fingerprint density at radius 3 is 2.60 bits per heavy atom. The molecular formula is C19H21Cl2N3O. The molecule has 2 aliphatic rings. The molecule has 2 N–H and O–H groups in total. The van der Waals surface area contributed by atoms with E-state index in [1.807, 2.05) is 41.3 Å². The van der Waals surface area contributed by atoms with Gasteiger partial charge < -0.3 is 15.5 Å². The molecule has 1 saturated heterocycles. The zero-order valence-electron chi connectivity index (χ0n) is 13.8. The van der Waals surface area contributed by atoms with Gasteiger partial charge in [-0.3, -0.25) is 4.79 Å². The van der Waals surface area contributed by atoms with Crippen molar-refractivity contribution < 1.29 is 4.79 Å². The van der Waals surface area contributed by atoms with E-state index in [2.05, 4.69) is 11.0 Å². The Bertz CT molecular complexity index is 779. The zero-order chi connectivity index (χ0) is 16.7. The van der Waals surface area contributed by atoms with E-state index in [1.165, 1.54) is 5.56 Å². The Hall–Kier alpha value is -1.91. The first-order valence-electron chi connectivity index (χ1n) is 8.36. The van der Waals surface area contributed by atoms with E-state index >= 15 is 0 Å². The van der Waals surface area contributed by atoms with Crippen molar-refractivity contribution in [3.05, 3.63) is 53.1 Å². The van der Waals surface area contributed by atoms with Crippen molar-refractivity contribution >= 4 is 47.0 Å². The summed E-state index contributed by atoms with van der Waals surface area (Å²) in [7, 11) is 0. The number of nitrogens with two attached hydrogens (primary N) is 1. The summed E-state index contributed by atoms with van der Waals surface area (Å²) < 4.78 is 0. The highest BCUT2D eigenvalue weighted by Crippen LogP contribution is 2.35. The van der Waals surface area contributed by atoms with Gasteiger partial charge in [-0.05, 0) is 61.2 Å². The molecule has 132 valence electrons. The molecule has 6 heteroatoms. The number of fused-ring (bicyclic) bond motifs is 1. The lowest BCUT2D eigenvalue weighted by atomic mass is 9.98. The maximum atomic E-state index is 13.0.